The van der Waals surface area contributed by atoms with E-state index < -0.39 is 0 Å². The van der Waals surface area contributed by atoms with Crippen molar-refractivity contribution in [1.29, 1.82) is 0 Å². The third-order valence-corrected chi connectivity index (χ3v) is 5.20. The zero-order valence-electron chi connectivity index (χ0n) is 17.7. The van der Waals surface area contributed by atoms with Gasteiger partial charge < -0.3 is 10.2 Å². The molecule has 0 unspecified atom stereocenters. The second-order valence-corrected chi connectivity index (χ2v) is 8.06. The first-order chi connectivity index (χ1) is 13.8. The molecule has 0 atom stereocenters. The van der Waals surface area contributed by atoms with Gasteiger partial charge in [0.15, 0.2) is 0 Å². The van der Waals surface area contributed by atoms with Crippen LogP contribution in [0.1, 0.15) is 66.9 Å². The zero-order chi connectivity index (χ0) is 21.0. The van der Waals surface area contributed by atoms with Crippen molar-refractivity contribution in [1.82, 2.24) is 30.0 Å². The van der Waals surface area contributed by atoms with Gasteiger partial charge >= 0.3 is 0 Å². The number of amides is 2. The molecule has 0 saturated carbocycles. The molecule has 0 bridgehead atoms. The average Bonchev–Trinajstić information content (AvgIpc) is 3.16. The second kappa shape index (κ2) is 9.15. The number of hydrogen-bond acceptors (Lipinski definition) is 5. The number of hydrogen-bond donors (Lipinski definition) is 1. The first kappa shape index (κ1) is 21.0. The third-order valence-electron chi connectivity index (χ3n) is 5.20. The summed E-state index contributed by atoms with van der Waals surface area (Å²) in [4.78, 5) is 35.5. The van der Waals surface area contributed by atoms with Gasteiger partial charge in [0.05, 0.1) is 6.54 Å². The minimum Gasteiger partial charge on any atom is -0.349 e. The molecule has 0 aromatic carbocycles. The van der Waals surface area contributed by atoms with Gasteiger partial charge in [-0.3, -0.25) is 14.3 Å². The fraction of sp³-hybridized carbons (Fsp3) is 0.571. The molecule has 2 amide bonds. The number of piperidine rings is 1. The molecule has 8 nitrogen and oxygen atoms in total. The fourth-order valence-electron chi connectivity index (χ4n) is 3.63. The monoisotopic (exact) mass is 398 g/mol. The topological polar surface area (TPSA) is 93.0 Å². The highest BCUT2D eigenvalue weighted by atomic mass is 16.2. The van der Waals surface area contributed by atoms with Crippen LogP contribution in [0.3, 0.4) is 0 Å². The van der Waals surface area contributed by atoms with Crippen molar-refractivity contribution < 1.29 is 9.59 Å². The minimum absolute atomic E-state index is 0.00760. The highest BCUT2D eigenvalue weighted by Gasteiger charge is 2.26. The Labute approximate surface area is 171 Å². The number of aromatic nitrogens is 4. The van der Waals surface area contributed by atoms with E-state index in [1.54, 1.807) is 10.7 Å². The molecule has 2 aromatic rings. The zero-order valence-corrected chi connectivity index (χ0v) is 17.7. The summed E-state index contributed by atoms with van der Waals surface area (Å²) < 4.78 is 1.80. The van der Waals surface area contributed by atoms with Crippen LogP contribution in [0.5, 0.6) is 0 Å². The van der Waals surface area contributed by atoms with E-state index in [1.165, 1.54) is 0 Å². The van der Waals surface area contributed by atoms with Gasteiger partial charge in [-0.25, -0.2) is 9.97 Å². The van der Waals surface area contributed by atoms with Crippen molar-refractivity contribution in [3.05, 3.63) is 41.2 Å². The Morgan fingerprint density at radius 3 is 2.41 bits per heavy atom. The molecule has 1 N–H and O–H groups in total. The van der Waals surface area contributed by atoms with Crippen LogP contribution in [0.25, 0.3) is 0 Å². The molecule has 3 heterocycles. The largest absolute Gasteiger partial charge is 0.349 e. The molecule has 1 aliphatic heterocycles. The normalized spacial score (nSPS) is 15.0. The molecule has 0 spiro atoms. The maximum absolute atomic E-state index is 12.6. The maximum atomic E-state index is 12.6. The van der Waals surface area contributed by atoms with Crippen LogP contribution in [0.15, 0.2) is 18.3 Å². The van der Waals surface area contributed by atoms with Crippen molar-refractivity contribution >= 4 is 11.8 Å². The van der Waals surface area contributed by atoms with Crippen molar-refractivity contribution in [3.8, 4) is 0 Å². The molecule has 1 fully saturated rings. The first-order valence-electron chi connectivity index (χ1n) is 10.2. The van der Waals surface area contributed by atoms with Gasteiger partial charge in [-0.1, -0.05) is 0 Å². The van der Waals surface area contributed by atoms with Crippen LogP contribution in [-0.4, -0.2) is 49.6 Å². The van der Waals surface area contributed by atoms with Gasteiger partial charge in [0.1, 0.15) is 11.5 Å². The molecule has 0 aliphatic carbocycles. The molecule has 8 heteroatoms. The van der Waals surface area contributed by atoms with E-state index in [-0.39, 0.29) is 23.8 Å². The number of nitrogens with one attached hydrogen (secondary N) is 1. The number of likely N-dealkylation sites (tertiary alicyclic amines) is 1. The first-order valence-corrected chi connectivity index (χ1v) is 10.2. The van der Waals surface area contributed by atoms with E-state index in [4.69, 9.17) is 0 Å². The van der Waals surface area contributed by atoms with E-state index in [1.807, 2.05) is 44.9 Å². The summed E-state index contributed by atoms with van der Waals surface area (Å²) in [6.45, 7) is 9.56. The Morgan fingerprint density at radius 2 is 1.83 bits per heavy atom. The summed E-state index contributed by atoms with van der Waals surface area (Å²) in [5.41, 5.74) is 2.29. The molecular weight excluding hydrogens is 368 g/mol. The van der Waals surface area contributed by atoms with Crippen LogP contribution in [0.2, 0.25) is 0 Å². The number of aryl methyl sites for hydroxylation is 2. The molecule has 3 rings (SSSR count). The van der Waals surface area contributed by atoms with Crippen LogP contribution in [0, 0.1) is 19.8 Å². The van der Waals surface area contributed by atoms with Gasteiger partial charge in [0, 0.05) is 43.1 Å². The predicted octanol–water partition coefficient (Wildman–Crippen LogP) is 2.43. The SMILES string of the molecule is Cc1cc(C)nc(CNC(=O)CC2CCN(C(=O)c3ccn(C(C)C)n3)CC2)n1. The van der Waals surface area contributed by atoms with E-state index in [0.717, 1.165) is 24.2 Å². The Balaban J connectivity index is 1.44. The molecule has 29 heavy (non-hydrogen) atoms. The lowest BCUT2D eigenvalue weighted by molar-refractivity contribution is -0.122. The highest BCUT2D eigenvalue weighted by molar-refractivity contribution is 5.92. The van der Waals surface area contributed by atoms with E-state index in [2.05, 4.69) is 20.4 Å². The third kappa shape index (κ3) is 5.62. The quantitative estimate of drug-likeness (QED) is 0.807. The lowest BCUT2D eigenvalue weighted by Crippen LogP contribution is -2.40. The predicted molar refractivity (Wildman–Crippen MR) is 109 cm³/mol. The lowest BCUT2D eigenvalue weighted by atomic mass is 9.93. The van der Waals surface area contributed by atoms with Gasteiger partial charge in [-0.15, -0.1) is 0 Å². The lowest BCUT2D eigenvalue weighted by Gasteiger charge is -2.31. The summed E-state index contributed by atoms with van der Waals surface area (Å²) in [5.74, 6) is 0.900. The number of rotatable bonds is 6. The van der Waals surface area contributed by atoms with Crippen LogP contribution in [-0.2, 0) is 11.3 Å². The van der Waals surface area contributed by atoms with Crippen molar-refractivity contribution in [2.75, 3.05) is 13.1 Å². The van der Waals surface area contributed by atoms with Crippen LogP contribution < -0.4 is 5.32 Å². The summed E-state index contributed by atoms with van der Waals surface area (Å²) in [6.07, 6.45) is 3.96. The molecule has 1 aliphatic rings. The van der Waals surface area contributed by atoms with Crippen molar-refractivity contribution in [2.24, 2.45) is 5.92 Å². The van der Waals surface area contributed by atoms with Crippen molar-refractivity contribution in [3.63, 3.8) is 0 Å². The second-order valence-electron chi connectivity index (χ2n) is 8.06. The Morgan fingerprint density at radius 1 is 1.17 bits per heavy atom. The summed E-state index contributed by atoms with van der Waals surface area (Å²) in [7, 11) is 0. The van der Waals surface area contributed by atoms with E-state index in [9.17, 15) is 9.59 Å². The Hall–Kier alpha value is -2.77. The number of nitrogens with zero attached hydrogens (tertiary/aromatic N) is 5. The van der Waals surface area contributed by atoms with Crippen LogP contribution in [0.4, 0.5) is 0 Å². The van der Waals surface area contributed by atoms with Crippen LogP contribution >= 0.6 is 0 Å². The van der Waals surface area contributed by atoms with Gasteiger partial charge in [-0.05, 0) is 58.6 Å². The Kier molecular flexibility index (Phi) is 6.61. The summed E-state index contributed by atoms with van der Waals surface area (Å²) in [6, 6.07) is 3.92. The van der Waals surface area contributed by atoms with E-state index >= 15 is 0 Å². The fourth-order valence-corrected chi connectivity index (χ4v) is 3.63. The highest BCUT2D eigenvalue weighted by Crippen LogP contribution is 2.22. The summed E-state index contributed by atoms with van der Waals surface area (Å²) in [5, 5.41) is 7.28. The number of carbonyl (C=O) groups excluding carboxylic acids is 2. The Bertz CT molecular complexity index is 848. The smallest absolute Gasteiger partial charge is 0.274 e. The molecular formula is C21H30N6O2. The minimum atomic E-state index is -0.0285. The average molecular weight is 399 g/mol. The van der Waals surface area contributed by atoms with Gasteiger partial charge in [0.2, 0.25) is 5.91 Å². The van der Waals surface area contributed by atoms with E-state index in [0.29, 0.717) is 37.6 Å². The molecule has 1 saturated heterocycles. The molecule has 0 radical (unpaired) electrons. The van der Waals surface area contributed by atoms with Gasteiger partial charge in [-0.2, -0.15) is 5.10 Å². The molecule has 2 aromatic heterocycles. The summed E-state index contributed by atoms with van der Waals surface area (Å²) >= 11 is 0. The molecule has 156 valence electrons. The standard InChI is InChI=1S/C21H30N6O2/c1-14(2)27-10-7-18(25-27)21(29)26-8-5-17(6-9-26)12-20(28)22-13-19-23-15(3)11-16(4)24-19/h7,10-11,14,17H,5-6,8-9,12-13H2,1-4H3,(H,22,28). The maximum Gasteiger partial charge on any atom is 0.274 e. The van der Waals surface area contributed by atoms with Crippen molar-refractivity contribution in [2.45, 2.75) is 59.5 Å². The number of carbonyl (C=O) groups is 2. The van der Waals surface area contributed by atoms with Gasteiger partial charge in [0.25, 0.3) is 5.91 Å².